The first kappa shape index (κ1) is 26.3. The highest BCUT2D eigenvalue weighted by molar-refractivity contribution is 9.10. The van der Waals surface area contributed by atoms with Crippen molar-refractivity contribution in [3.63, 3.8) is 0 Å². The van der Waals surface area contributed by atoms with E-state index in [9.17, 15) is 23.2 Å². The molecule has 0 atom stereocenters. The summed E-state index contributed by atoms with van der Waals surface area (Å²) in [5, 5.41) is 10.4. The Labute approximate surface area is 218 Å². The molecule has 36 heavy (non-hydrogen) atoms. The number of nitriles is 1. The van der Waals surface area contributed by atoms with Crippen molar-refractivity contribution < 1.29 is 17.9 Å². The molecule has 0 saturated carbocycles. The number of benzene rings is 2. The minimum Gasteiger partial charge on any atom is -0.491 e. The summed E-state index contributed by atoms with van der Waals surface area (Å²) in [6.07, 6.45) is -4.72. The van der Waals surface area contributed by atoms with Crippen LogP contribution in [0.5, 0.6) is 5.75 Å². The summed E-state index contributed by atoms with van der Waals surface area (Å²) in [5.41, 5.74) is -2.27. The number of halogens is 5. The zero-order valence-corrected chi connectivity index (χ0v) is 21.8. The Balaban J connectivity index is 1.79. The topological polar surface area (TPSA) is 74.4 Å². The van der Waals surface area contributed by atoms with Crippen molar-refractivity contribution in [2.24, 2.45) is 0 Å². The number of piperazine rings is 1. The van der Waals surface area contributed by atoms with E-state index in [0.29, 0.717) is 41.4 Å². The lowest BCUT2D eigenvalue weighted by molar-refractivity contribution is -0.137. The van der Waals surface area contributed by atoms with Crippen LogP contribution in [0.3, 0.4) is 0 Å². The van der Waals surface area contributed by atoms with Gasteiger partial charge in [0.05, 0.1) is 38.7 Å². The number of aromatic nitrogens is 2. The van der Waals surface area contributed by atoms with Gasteiger partial charge in [0.2, 0.25) is 0 Å². The van der Waals surface area contributed by atoms with Crippen LogP contribution in [0.15, 0.2) is 33.5 Å². The van der Waals surface area contributed by atoms with Crippen LogP contribution in [0.1, 0.15) is 17.0 Å². The Morgan fingerprint density at radius 2 is 1.92 bits per heavy atom. The molecule has 0 N–H and O–H groups in total. The second-order valence-electron chi connectivity index (χ2n) is 8.48. The van der Waals surface area contributed by atoms with E-state index in [0.717, 1.165) is 6.07 Å². The third-order valence-electron chi connectivity index (χ3n) is 6.11. The zero-order chi connectivity index (χ0) is 26.2. The number of rotatable bonds is 5. The molecule has 0 radical (unpaired) electrons. The number of alkyl halides is 3. The van der Waals surface area contributed by atoms with Crippen LogP contribution in [-0.4, -0.2) is 54.3 Å². The van der Waals surface area contributed by atoms with Crippen LogP contribution >= 0.6 is 27.5 Å². The molecule has 0 spiro atoms. The predicted molar refractivity (Wildman–Crippen MR) is 135 cm³/mol. The monoisotopic (exact) mass is 583 g/mol. The molecule has 1 aliphatic rings. The van der Waals surface area contributed by atoms with Gasteiger partial charge in [-0.3, -0.25) is 9.36 Å². The SMILES string of the molecule is Cc1nc2cc(C(F)(F)F)c(N3CCN(C)CC3)c(C#N)c2c(=O)n1CCOc1ccc(Cl)cc1Br. The van der Waals surface area contributed by atoms with Gasteiger partial charge in [0.15, 0.2) is 0 Å². The second kappa shape index (κ2) is 10.3. The third-order valence-corrected chi connectivity index (χ3v) is 6.97. The Kier molecular flexibility index (Phi) is 7.50. The largest absolute Gasteiger partial charge is 0.491 e. The van der Waals surface area contributed by atoms with Crippen molar-refractivity contribution in [1.82, 2.24) is 14.5 Å². The van der Waals surface area contributed by atoms with E-state index in [-0.39, 0.29) is 41.1 Å². The first-order valence-electron chi connectivity index (χ1n) is 11.1. The fraction of sp³-hybridized carbons (Fsp3) is 0.375. The van der Waals surface area contributed by atoms with E-state index in [4.69, 9.17) is 16.3 Å². The van der Waals surface area contributed by atoms with Gasteiger partial charge >= 0.3 is 6.18 Å². The number of nitrogens with zero attached hydrogens (tertiary/aromatic N) is 5. The van der Waals surface area contributed by atoms with Gasteiger partial charge in [-0.2, -0.15) is 18.4 Å². The van der Waals surface area contributed by atoms with Gasteiger partial charge in [-0.25, -0.2) is 4.98 Å². The molecule has 7 nitrogen and oxygen atoms in total. The predicted octanol–water partition coefficient (Wildman–Crippen LogP) is 4.84. The average Bonchev–Trinajstić information content (AvgIpc) is 2.81. The molecule has 3 aromatic rings. The molecule has 0 bridgehead atoms. The molecule has 1 aliphatic heterocycles. The molecule has 12 heteroatoms. The Morgan fingerprint density at radius 3 is 2.53 bits per heavy atom. The molecular weight excluding hydrogens is 563 g/mol. The van der Waals surface area contributed by atoms with E-state index < -0.39 is 17.3 Å². The standard InChI is InChI=1S/C24H22BrClF3N5O2/c1-14-31-19-12-17(24(27,28)29)22(33-7-5-32(2)6-8-33)16(13-30)21(19)23(35)34(14)9-10-36-20-4-3-15(26)11-18(20)25/h3-4,11-12H,5-10H2,1-2H3. The van der Waals surface area contributed by atoms with E-state index in [1.165, 1.54) is 16.4 Å². The lowest BCUT2D eigenvalue weighted by atomic mass is 10.00. The third kappa shape index (κ3) is 5.16. The van der Waals surface area contributed by atoms with Crippen LogP contribution in [0.2, 0.25) is 5.02 Å². The number of ether oxygens (including phenoxy) is 1. The Hall–Kier alpha value is -2.81. The first-order chi connectivity index (χ1) is 17.0. The van der Waals surface area contributed by atoms with Crippen LogP contribution in [0.25, 0.3) is 10.9 Å². The van der Waals surface area contributed by atoms with E-state index in [1.54, 1.807) is 18.2 Å². The maximum absolute atomic E-state index is 14.1. The fourth-order valence-electron chi connectivity index (χ4n) is 4.27. The van der Waals surface area contributed by atoms with Gasteiger partial charge in [0.1, 0.15) is 24.3 Å². The highest BCUT2D eigenvalue weighted by atomic mass is 79.9. The summed E-state index contributed by atoms with van der Waals surface area (Å²) in [4.78, 5) is 21.3. The van der Waals surface area contributed by atoms with Crippen molar-refractivity contribution in [3.8, 4) is 11.8 Å². The van der Waals surface area contributed by atoms with Crippen LogP contribution in [0.4, 0.5) is 18.9 Å². The quantitative estimate of drug-likeness (QED) is 0.427. The number of hydrogen-bond donors (Lipinski definition) is 0. The molecule has 1 aromatic heterocycles. The van der Waals surface area contributed by atoms with Crippen LogP contribution in [-0.2, 0) is 12.7 Å². The summed E-state index contributed by atoms with van der Waals surface area (Å²) in [6, 6.07) is 7.77. The van der Waals surface area contributed by atoms with Crippen molar-refractivity contribution >= 4 is 44.1 Å². The minimum absolute atomic E-state index is 0.0818. The van der Waals surface area contributed by atoms with Crippen molar-refractivity contribution in [2.75, 3.05) is 44.7 Å². The van der Waals surface area contributed by atoms with Crippen molar-refractivity contribution in [2.45, 2.75) is 19.6 Å². The molecule has 0 aliphatic carbocycles. The van der Waals surface area contributed by atoms with Crippen molar-refractivity contribution in [1.29, 1.82) is 5.26 Å². The van der Waals surface area contributed by atoms with E-state index in [1.807, 2.05) is 18.0 Å². The van der Waals surface area contributed by atoms with Gasteiger partial charge in [0.25, 0.3) is 5.56 Å². The summed E-state index contributed by atoms with van der Waals surface area (Å²) in [5.74, 6) is 0.736. The summed E-state index contributed by atoms with van der Waals surface area (Å²) in [6.45, 7) is 3.38. The normalized spacial score (nSPS) is 14.8. The second-order valence-corrected chi connectivity index (χ2v) is 9.77. The van der Waals surface area contributed by atoms with E-state index >= 15 is 0 Å². The minimum atomic E-state index is -4.72. The highest BCUT2D eigenvalue weighted by Gasteiger charge is 2.38. The lowest BCUT2D eigenvalue weighted by Gasteiger charge is -2.36. The molecule has 0 amide bonds. The summed E-state index contributed by atoms with van der Waals surface area (Å²) in [7, 11) is 1.88. The Bertz CT molecular complexity index is 1410. The summed E-state index contributed by atoms with van der Waals surface area (Å²) < 4.78 is 50.0. The number of anilines is 1. The van der Waals surface area contributed by atoms with Gasteiger partial charge < -0.3 is 14.5 Å². The van der Waals surface area contributed by atoms with Crippen molar-refractivity contribution in [3.05, 3.63) is 61.1 Å². The number of aryl methyl sites for hydroxylation is 1. The maximum atomic E-state index is 14.1. The van der Waals surface area contributed by atoms with Gasteiger partial charge in [0, 0.05) is 31.2 Å². The first-order valence-corrected chi connectivity index (χ1v) is 12.2. The number of likely N-dealkylation sites (N-methyl/N-ethyl adjacent to an activating group) is 1. The number of fused-ring (bicyclic) bond motifs is 1. The lowest BCUT2D eigenvalue weighted by Crippen LogP contribution is -2.45. The molecule has 1 fully saturated rings. The molecule has 4 rings (SSSR count). The molecule has 1 saturated heterocycles. The van der Waals surface area contributed by atoms with Crippen LogP contribution in [0, 0.1) is 18.3 Å². The van der Waals surface area contributed by atoms with Gasteiger partial charge in [-0.1, -0.05) is 11.6 Å². The summed E-state index contributed by atoms with van der Waals surface area (Å²) >= 11 is 9.31. The molecule has 0 unspecified atom stereocenters. The van der Waals surface area contributed by atoms with Gasteiger partial charge in [-0.15, -0.1) is 0 Å². The number of hydrogen-bond acceptors (Lipinski definition) is 6. The molecule has 2 heterocycles. The van der Waals surface area contributed by atoms with Crippen LogP contribution < -0.4 is 15.2 Å². The molecule has 2 aromatic carbocycles. The highest BCUT2D eigenvalue weighted by Crippen LogP contribution is 2.41. The average molecular weight is 585 g/mol. The van der Waals surface area contributed by atoms with Gasteiger partial charge in [-0.05, 0) is 54.2 Å². The fourth-order valence-corrected chi connectivity index (χ4v) is 5.06. The van der Waals surface area contributed by atoms with E-state index in [2.05, 4.69) is 20.9 Å². The molecule has 190 valence electrons. The maximum Gasteiger partial charge on any atom is 0.418 e. The Morgan fingerprint density at radius 1 is 1.22 bits per heavy atom. The molecular formula is C24H22BrClF3N5O2. The zero-order valence-electron chi connectivity index (χ0n) is 19.5. The smallest absolute Gasteiger partial charge is 0.418 e.